The minimum absolute atomic E-state index is 0.116. The molecule has 0 radical (unpaired) electrons. The Balaban J connectivity index is 4.19. The Morgan fingerprint density at radius 2 is 1.90 bits per heavy atom. The number of carbonyl (C=O) groups is 3. The molecule has 0 aromatic heterocycles. The molecule has 0 rings (SSSR count). The highest BCUT2D eigenvalue weighted by molar-refractivity contribution is 5.86. The van der Waals surface area contributed by atoms with Gasteiger partial charge in [0.15, 0.2) is 5.96 Å². The first-order chi connectivity index (χ1) is 9.23. The first kappa shape index (κ1) is 17.6. The molecule has 114 valence electrons. The fourth-order valence-electron chi connectivity index (χ4n) is 1.22. The van der Waals surface area contributed by atoms with E-state index in [2.05, 4.69) is 10.3 Å². The van der Waals surface area contributed by atoms with E-state index in [9.17, 15) is 24.6 Å². The number of aliphatic carboxylic acids is 3. The van der Waals surface area contributed by atoms with Crippen LogP contribution in [0.5, 0.6) is 0 Å². The smallest absolute Gasteiger partial charge is 0.320 e. The highest BCUT2D eigenvalue weighted by Gasteiger charge is 2.12. The summed E-state index contributed by atoms with van der Waals surface area (Å²) in [5.41, 5.74) is 10.6. The summed E-state index contributed by atoms with van der Waals surface area (Å²) in [5, 5.41) is 31.6. The zero-order valence-corrected chi connectivity index (χ0v) is 10.6. The molecule has 10 heteroatoms. The first-order valence-electron chi connectivity index (χ1n) is 5.69. The van der Waals surface area contributed by atoms with E-state index in [4.69, 9.17) is 16.6 Å². The van der Waals surface area contributed by atoms with E-state index in [1.807, 2.05) is 0 Å². The molecular formula is C10H16N4O6-2. The minimum atomic E-state index is -1.65. The number of hydrogen-bond donors (Lipinski definition) is 4. The van der Waals surface area contributed by atoms with Gasteiger partial charge in [-0.1, -0.05) is 0 Å². The van der Waals surface area contributed by atoms with E-state index in [1.165, 1.54) is 0 Å². The summed E-state index contributed by atoms with van der Waals surface area (Å²) in [6.07, 6.45) is -0.316. The van der Waals surface area contributed by atoms with E-state index in [1.54, 1.807) is 0 Å². The Morgan fingerprint density at radius 3 is 2.35 bits per heavy atom. The largest absolute Gasteiger partial charge is 0.550 e. The quantitative estimate of drug-likeness (QED) is 0.183. The SMILES string of the molecule is NC(=NCCCC(N)C(=O)O)N[C@@H](CC(=O)[O-])C(=O)[O-]. The number of nitrogens with two attached hydrogens (primary N) is 2. The number of carboxylic acid groups (broad SMARTS) is 3. The van der Waals surface area contributed by atoms with E-state index in [-0.39, 0.29) is 18.9 Å². The molecule has 0 heterocycles. The fourth-order valence-corrected chi connectivity index (χ4v) is 1.22. The van der Waals surface area contributed by atoms with Crippen LogP contribution in [0.3, 0.4) is 0 Å². The molecule has 0 aromatic rings. The van der Waals surface area contributed by atoms with Crippen LogP contribution in [0, 0.1) is 0 Å². The number of carboxylic acids is 3. The second kappa shape index (κ2) is 8.69. The van der Waals surface area contributed by atoms with Gasteiger partial charge in [0.05, 0.1) is 12.0 Å². The van der Waals surface area contributed by atoms with Crippen LogP contribution >= 0.6 is 0 Å². The van der Waals surface area contributed by atoms with Gasteiger partial charge >= 0.3 is 5.97 Å². The van der Waals surface area contributed by atoms with Crippen LogP contribution in [0.25, 0.3) is 0 Å². The third kappa shape index (κ3) is 7.87. The summed E-state index contributed by atoms with van der Waals surface area (Å²) >= 11 is 0. The molecule has 0 bridgehead atoms. The molecule has 0 fully saturated rings. The molecule has 2 atom stereocenters. The van der Waals surface area contributed by atoms with Gasteiger partial charge in [0, 0.05) is 18.9 Å². The van der Waals surface area contributed by atoms with Crippen molar-refractivity contribution in [2.45, 2.75) is 31.3 Å². The molecule has 0 aliphatic carbocycles. The predicted octanol–water partition coefficient (Wildman–Crippen LogP) is -4.66. The van der Waals surface area contributed by atoms with Crippen LogP contribution in [0.2, 0.25) is 0 Å². The van der Waals surface area contributed by atoms with Crippen LogP contribution in [0.4, 0.5) is 0 Å². The lowest BCUT2D eigenvalue weighted by molar-refractivity contribution is -0.317. The maximum Gasteiger partial charge on any atom is 0.320 e. The Hall–Kier alpha value is -2.36. The Bertz CT molecular complexity index is 397. The molecule has 10 nitrogen and oxygen atoms in total. The van der Waals surface area contributed by atoms with Gasteiger partial charge in [-0.2, -0.15) is 0 Å². The number of rotatable bonds is 9. The lowest BCUT2D eigenvalue weighted by Crippen LogP contribution is -2.52. The lowest BCUT2D eigenvalue weighted by atomic mass is 10.2. The molecule has 0 saturated carbocycles. The van der Waals surface area contributed by atoms with E-state index < -0.39 is 36.4 Å². The standard InChI is InChI=1S/C10H18N4O6/c11-5(8(17)18)2-1-3-13-10(12)14-6(9(19)20)4-7(15)16/h5-6H,1-4,11H2,(H,15,16)(H,17,18)(H,19,20)(H3,12,13,14)/p-2/t5?,6-/m0/s1. The third-order valence-electron chi connectivity index (χ3n) is 2.25. The van der Waals surface area contributed by atoms with E-state index in [0.717, 1.165) is 0 Å². The monoisotopic (exact) mass is 288 g/mol. The van der Waals surface area contributed by atoms with Crippen LogP contribution in [-0.2, 0) is 14.4 Å². The summed E-state index contributed by atoms with van der Waals surface area (Å²) in [5.74, 6) is -4.65. The number of aliphatic imine (C=N–C) groups is 1. The summed E-state index contributed by atoms with van der Waals surface area (Å²) in [6, 6.07) is -2.56. The number of guanidine groups is 1. The van der Waals surface area contributed by atoms with Crippen LogP contribution < -0.4 is 27.0 Å². The van der Waals surface area contributed by atoms with Crippen LogP contribution in [-0.4, -0.2) is 47.6 Å². The molecule has 0 amide bonds. The average Bonchev–Trinajstić information content (AvgIpc) is 2.32. The van der Waals surface area contributed by atoms with Gasteiger partial charge in [-0.15, -0.1) is 0 Å². The summed E-state index contributed by atoms with van der Waals surface area (Å²) < 4.78 is 0. The molecule has 0 aliphatic rings. The highest BCUT2D eigenvalue weighted by Crippen LogP contribution is 1.95. The van der Waals surface area contributed by atoms with Crippen molar-refractivity contribution in [3.05, 3.63) is 0 Å². The number of hydrogen-bond acceptors (Lipinski definition) is 7. The van der Waals surface area contributed by atoms with Gasteiger partial charge < -0.3 is 41.7 Å². The maximum absolute atomic E-state index is 10.6. The molecular weight excluding hydrogens is 272 g/mol. The minimum Gasteiger partial charge on any atom is -0.550 e. The van der Waals surface area contributed by atoms with Crippen molar-refractivity contribution in [3.8, 4) is 0 Å². The van der Waals surface area contributed by atoms with Crippen molar-refractivity contribution >= 4 is 23.9 Å². The lowest BCUT2D eigenvalue weighted by Gasteiger charge is -2.20. The van der Waals surface area contributed by atoms with Gasteiger partial charge in [-0.05, 0) is 12.8 Å². The van der Waals surface area contributed by atoms with Gasteiger partial charge in [0.2, 0.25) is 0 Å². The second-order valence-electron chi connectivity index (χ2n) is 3.95. The zero-order chi connectivity index (χ0) is 15.7. The summed E-state index contributed by atoms with van der Waals surface area (Å²) in [7, 11) is 0. The Morgan fingerprint density at radius 1 is 1.30 bits per heavy atom. The van der Waals surface area contributed by atoms with Crippen molar-refractivity contribution < 1.29 is 29.7 Å². The number of nitrogens with zero attached hydrogens (tertiary/aromatic N) is 1. The van der Waals surface area contributed by atoms with E-state index in [0.29, 0.717) is 6.42 Å². The van der Waals surface area contributed by atoms with Gasteiger partial charge in [0.1, 0.15) is 6.04 Å². The van der Waals surface area contributed by atoms with Gasteiger partial charge in [-0.3, -0.25) is 9.79 Å². The maximum atomic E-state index is 10.6. The van der Waals surface area contributed by atoms with Crippen molar-refractivity contribution in [2.75, 3.05) is 6.54 Å². The topological polar surface area (TPSA) is 194 Å². The van der Waals surface area contributed by atoms with Crippen molar-refractivity contribution in [1.29, 1.82) is 0 Å². The van der Waals surface area contributed by atoms with Gasteiger partial charge in [0.25, 0.3) is 0 Å². The van der Waals surface area contributed by atoms with Crippen LogP contribution in [0.1, 0.15) is 19.3 Å². The highest BCUT2D eigenvalue weighted by atomic mass is 16.4. The summed E-state index contributed by atoms with van der Waals surface area (Å²) in [4.78, 5) is 35.0. The molecule has 0 saturated heterocycles. The fraction of sp³-hybridized carbons (Fsp3) is 0.600. The Kier molecular flexibility index (Phi) is 7.67. The zero-order valence-electron chi connectivity index (χ0n) is 10.6. The average molecular weight is 288 g/mol. The normalized spacial score (nSPS) is 14.3. The van der Waals surface area contributed by atoms with Crippen molar-refractivity contribution in [1.82, 2.24) is 5.32 Å². The number of nitrogens with one attached hydrogen (secondary N) is 1. The first-order valence-corrected chi connectivity index (χ1v) is 5.69. The number of carbonyl (C=O) groups excluding carboxylic acids is 2. The van der Waals surface area contributed by atoms with Gasteiger partial charge in [-0.25, -0.2) is 0 Å². The molecule has 0 spiro atoms. The van der Waals surface area contributed by atoms with Crippen molar-refractivity contribution in [3.63, 3.8) is 0 Å². The summed E-state index contributed by atoms with van der Waals surface area (Å²) in [6.45, 7) is 0.116. The van der Waals surface area contributed by atoms with Crippen LogP contribution in [0.15, 0.2) is 4.99 Å². The Labute approximate surface area is 114 Å². The molecule has 0 aliphatic heterocycles. The third-order valence-corrected chi connectivity index (χ3v) is 2.25. The molecule has 20 heavy (non-hydrogen) atoms. The molecule has 1 unspecified atom stereocenters. The molecule has 6 N–H and O–H groups in total. The van der Waals surface area contributed by atoms with E-state index >= 15 is 0 Å². The predicted molar refractivity (Wildman–Crippen MR) is 62.9 cm³/mol. The molecule has 0 aromatic carbocycles. The van der Waals surface area contributed by atoms with Crippen molar-refractivity contribution in [2.24, 2.45) is 16.5 Å². The second-order valence-corrected chi connectivity index (χ2v) is 3.95.